The molecule has 1 aromatic rings. The van der Waals surface area contributed by atoms with Gasteiger partial charge in [0.1, 0.15) is 5.82 Å². The highest BCUT2D eigenvalue weighted by molar-refractivity contribution is 7.86. The van der Waals surface area contributed by atoms with Gasteiger partial charge in [0.05, 0.1) is 0 Å². The van der Waals surface area contributed by atoms with Crippen LogP contribution < -0.4 is 10.6 Å². The van der Waals surface area contributed by atoms with E-state index in [0.29, 0.717) is 18.1 Å². The summed E-state index contributed by atoms with van der Waals surface area (Å²) in [5, 5.41) is 5.25. The number of nitrogens with zero attached hydrogens (tertiary/aromatic N) is 1. The molecule has 1 rings (SSSR count). The standard InChI is InChI=1S/C12H19N3O2S/c1-12(2,3)18(17)9-8-14-11(16)15-10-6-4-5-7-13-10/h4-7H,8-9H2,1-3H3,(H2,13,14,15,16)/t18-/m0/s1. The summed E-state index contributed by atoms with van der Waals surface area (Å²) in [4.78, 5) is 15.5. The van der Waals surface area contributed by atoms with Gasteiger partial charge in [0.25, 0.3) is 0 Å². The van der Waals surface area contributed by atoms with Crippen molar-refractivity contribution in [2.45, 2.75) is 25.5 Å². The van der Waals surface area contributed by atoms with Crippen LogP contribution in [0, 0.1) is 0 Å². The first kappa shape index (κ1) is 14.6. The van der Waals surface area contributed by atoms with Crippen molar-refractivity contribution in [2.75, 3.05) is 17.6 Å². The first-order valence-corrected chi connectivity index (χ1v) is 7.06. The molecule has 0 saturated heterocycles. The number of rotatable bonds is 4. The van der Waals surface area contributed by atoms with Crippen LogP contribution in [0.3, 0.4) is 0 Å². The van der Waals surface area contributed by atoms with E-state index in [1.54, 1.807) is 24.4 Å². The van der Waals surface area contributed by atoms with Gasteiger partial charge in [-0.05, 0) is 32.9 Å². The van der Waals surface area contributed by atoms with Crippen LogP contribution in [0.1, 0.15) is 20.8 Å². The van der Waals surface area contributed by atoms with Gasteiger partial charge >= 0.3 is 6.03 Å². The lowest BCUT2D eigenvalue weighted by Crippen LogP contribution is -2.35. The quantitative estimate of drug-likeness (QED) is 0.874. The fraction of sp³-hybridized carbons (Fsp3) is 0.500. The lowest BCUT2D eigenvalue weighted by atomic mass is 10.3. The minimum absolute atomic E-state index is 0.251. The van der Waals surface area contributed by atoms with Crippen molar-refractivity contribution >= 4 is 22.6 Å². The fourth-order valence-corrected chi connectivity index (χ4v) is 2.06. The van der Waals surface area contributed by atoms with Crippen LogP contribution in [0.25, 0.3) is 0 Å². The van der Waals surface area contributed by atoms with E-state index in [4.69, 9.17) is 0 Å². The molecule has 5 nitrogen and oxygen atoms in total. The highest BCUT2D eigenvalue weighted by Gasteiger charge is 2.18. The zero-order chi connectivity index (χ0) is 13.6. The molecule has 1 aromatic heterocycles. The zero-order valence-corrected chi connectivity index (χ0v) is 11.7. The first-order chi connectivity index (χ1) is 8.39. The van der Waals surface area contributed by atoms with Gasteiger partial charge in [0.2, 0.25) is 0 Å². The van der Waals surface area contributed by atoms with E-state index in [-0.39, 0.29) is 10.8 Å². The smallest absolute Gasteiger partial charge is 0.320 e. The van der Waals surface area contributed by atoms with Gasteiger partial charge in [-0.25, -0.2) is 9.78 Å². The number of hydrogen-bond donors (Lipinski definition) is 2. The molecular formula is C12H19N3O2S. The molecule has 0 aliphatic rings. The summed E-state index contributed by atoms with van der Waals surface area (Å²) in [7, 11) is -0.958. The number of nitrogens with one attached hydrogen (secondary N) is 2. The summed E-state index contributed by atoms with van der Waals surface area (Å²) in [5.41, 5.74) is 0. The topological polar surface area (TPSA) is 71.1 Å². The van der Waals surface area contributed by atoms with Crippen molar-refractivity contribution in [3.8, 4) is 0 Å². The zero-order valence-electron chi connectivity index (χ0n) is 10.9. The molecule has 0 saturated carbocycles. The van der Waals surface area contributed by atoms with Gasteiger partial charge in [-0.2, -0.15) is 0 Å². The number of carbonyl (C=O) groups is 1. The Bertz CT molecular complexity index is 415. The van der Waals surface area contributed by atoms with Crippen LogP contribution in [-0.2, 0) is 10.8 Å². The molecule has 0 aliphatic carbocycles. The second kappa shape index (κ2) is 6.49. The first-order valence-electron chi connectivity index (χ1n) is 5.74. The van der Waals surface area contributed by atoms with Crippen molar-refractivity contribution in [1.82, 2.24) is 10.3 Å². The number of anilines is 1. The van der Waals surface area contributed by atoms with E-state index < -0.39 is 10.8 Å². The molecule has 2 amide bonds. The van der Waals surface area contributed by atoms with Crippen molar-refractivity contribution in [3.63, 3.8) is 0 Å². The van der Waals surface area contributed by atoms with Gasteiger partial charge < -0.3 is 5.32 Å². The van der Waals surface area contributed by atoms with Crippen LogP contribution in [0.4, 0.5) is 10.6 Å². The number of urea groups is 1. The van der Waals surface area contributed by atoms with Crippen molar-refractivity contribution < 1.29 is 9.00 Å². The molecule has 0 fully saturated rings. The van der Waals surface area contributed by atoms with Crippen molar-refractivity contribution in [1.29, 1.82) is 0 Å². The van der Waals surface area contributed by atoms with Gasteiger partial charge in [-0.3, -0.25) is 9.53 Å². The summed E-state index contributed by atoms with van der Waals surface area (Å²) in [6.45, 7) is 6.12. The second-order valence-corrected chi connectivity index (χ2v) is 7.08. The number of pyridine rings is 1. The summed E-state index contributed by atoms with van der Waals surface area (Å²) in [6.07, 6.45) is 1.60. The highest BCUT2D eigenvalue weighted by atomic mass is 32.2. The van der Waals surface area contributed by atoms with E-state index in [0.717, 1.165) is 0 Å². The Hall–Kier alpha value is -1.43. The maximum Gasteiger partial charge on any atom is 0.320 e. The maximum atomic E-state index is 11.7. The molecular weight excluding hydrogens is 250 g/mol. The third kappa shape index (κ3) is 5.27. The second-order valence-electron chi connectivity index (χ2n) is 4.76. The Balaban J connectivity index is 2.28. The summed E-state index contributed by atoms with van der Waals surface area (Å²) >= 11 is 0. The van der Waals surface area contributed by atoms with E-state index in [2.05, 4.69) is 15.6 Å². The molecule has 0 aromatic carbocycles. The summed E-state index contributed by atoms with van der Waals surface area (Å²) < 4.78 is 11.5. The van der Waals surface area contributed by atoms with Gasteiger partial charge in [0, 0.05) is 34.0 Å². The lowest BCUT2D eigenvalue weighted by molar-refractivity contribution is 0.252. The van der Waals surface area contributed by atoms with Crippen molar-refractivity contribution in [2.24, 2.45) is 0 Å². The highest BCUT2D eigenvalue weighted by Crippen LogP contribution is 2.10. The molecule has 100 valence electrons. The number of amides is 2. The average Bonchev–Trinajstić information content (AvgIpc) is 2.28. The third-order valence-corrected chi connectivity index (χ3v) is 4.10. The minimum atomic E-state index is -0.958. The molecule has 6 heteroatoms. The Morgan fingerprint density at radius 3 is 2.67 bits per heavy atom. The Morgan fingerprint density at radius 2 is 2.11 bits per heavy atom. The molecule has 0 unspecified atom stereocenters. The van der Waals surface area contributed by atoms with E-state index >= 15 is 0 Å². The van der Waals surface area contributed by atoms with E-state index in [9.17, 15) is 9.00 Å². The van der Waals surface area contributed by atoms with Crippen LogP contribution in [0.5, 0.6) is 0 Å². The number of carbonyl (C=O) groups excluding carboxylic acids is 1. The fourth-order valence-electron chi connectivity index (χ4n) is 1.16. The largest absolute Gasteiger partial charge is 0.337 e. The monoisotopic (exact) mass is 269 g/mol. The Morgan fingerprint density at radius 1 is 1.39 bits per heavy atom. The SMILES string of the molecule is CC(C)(C)[S@@](=O)CCNC(=O)Nc1ccccn1. The average molecular weight is 269 g/mol. The molecule has 1 atom stereocenters. The van der Waals surface area contributed by atoms with Crippen LogP contribution in [0.15, 0.2) is 24.4 Å². The molecule has 0 bridgehead atoms. The van der Waals surface area contributed by atoms with Gasteiger partial charge in [-0.15, -0.1) is 0 Å². The molecule has 0 aliphatic heterocycles. The molecule has 2 N–H and O–H groups in total. The summed E-state index contributed by atoms with van der Waals surface area (Å²) in [6, 6.07) is 4.93. The third-order valence-electron chi connectivity index (χ3n) is 2.16. The Labute approximate surface area is 110 Å². The molecule has 0 spiro atoms. The van der Waals surface area contributed by atoms with E-state index in [1.807, 2.05) is 20.8 Å². The van der Waals surface area contributed by atoms with E-state index in [1.165, 1.54) is 0 Å². The van der Waals surface area contributed by atoms with Gasteiger partial charge in [-0.1, -0.05) is 6.07 Å². The van der Waals surface area contributed by atoms with Crippen LogP contribution >= 0.6 is 0 Å². The van der Waals surface area contributed by atoms with Gasteiger partial charge in [0.15, 0.2) is 0 Å². The minimum Gasteiger partial charge on any atom is -0.337 e. The van der Waals surface area contributed by atoms with Crippen molar-refractivity contribution in [3.05, 3.63) is 24.4 Å². The predicted octanol–water partition coefficient (Wildman–Crippen LogP) is 1.75. The summed E-state index contributed by atoms with van der Waals surface area (Å²) in [5.74, 6) is 0.936. The lowest BCUT2D eigenvalue weighted by Gasteiger charge is -2.17. The molecule has 0 radical (unpaired) electrons. The van der Waals surface area contributed by atoms with Crippen LogP contribution in [0.2, 0.25) is 0 Å². The molecule has 18 heavy (non-hydrogen) atoms. The predicted molar refractivity (Wildman–Crippen MR) is 74.0 cm³/mol. The van der Waals surface area contributed by atoms with Crippen LogP contribution in [-0.4, -0.2) is 32.3 Å². The normalized spacial score (nSPS) is 12.8. The maximum absolute atomic E-state index is 11.7. The number of aromatic nitrogens is 1. The number of hydrogen-bond acceptors (Lipinski definition) is 3. The Kier molecular flexibility index (Phi) is 5.27. The molecule has 1 heterocycles.